The Balaban J connectivity index is 1.38. The van der Waals surface area contributed by atoms with E-state index in [2.05, 4.69) is 31.9 Å². The minimum absolute atomic E-state index is 0.0976. The van der Waals surface area contributed by atoms with Crippen LogP contribution in [0.3, 0.4) is 0 Å². The van der Waals surface area contributed by atoms with E-state index < -0.39 is 0 Å². The lowest BCUT2D eigenvalue weighted by Gasteiger charge is -2.22. The summed E-state index contributed by atoms with van der Waals surface area (Å²) >= 11 is 0. The van der Waals surface area contributed by atoms with Crippen molar-refractivity contribution in [2.24, 2.45) is 4.99 Å². The molecule has 0 radical (unpaired) electrons. The van der Waals surface area contributed by atoms with Gasteiger partial charge in [0.05, 0.1) is 19.2 Å². The quantitative estimate of drug-likeness (QED) is 0.341. The summed E-state index contributed by atoms with van der Waals surface area (Å²) in [5, 5.41) is 9.54. The molecule has 0 spiro atoms. The first kappa shape index (κ1) is 22.4. The zero-order valence-corrected chi connectivity index (χ0v) is 18.0. The van der Waals surface area contributed by atoms with Crippen LogP contribution in [0, 0.1) is 5.82 Å². The monoisotopic (exact) mass is 427 g/mol. The van der Waals surface area contributed by atoms with Crippen LogP contribution < -0.4 is 25.6 Å². The maximum absolute atomic E-state index is 12.9. The smallest absolute Gasteiger partial charge is 0.224 e. The van der Waals surface area contributed by atoms with E-state index >= 15 is 0 Å². The van der Waals surface area contributed by atoms with Gasteiger partial charge in [-0.2, -0.15) is 0 Å². The molecule has 3 rings (SSSR count). The minimum atomic E-state index is -0.305. The van der Waals surface area contributed by atoms with Crippen molar-refractivity contribution in [2.75, 3.05) is 45.2 Å². The molecule has 1 unspecified atom stereocenters. The lowest BCUT2D eigenvalue weighted by molar-refractivity contribution is -0.120. The van der Waals surface area contributed by atoms with Crippen LogP contribution in [0.1, 0.15) is 12.0 Å². The number of hydrogen-bond donors (Lipinski definition) is 3. The molecule has 3 N–H and O–H groups in total. The number of hydrogen-bond acceptors (Lipinski definition) is 4. The molecule has 1 heterocycles. The fourth-order valence-corrected chi connectivity index (χ4v) is 3.61. The first-order chi connectivity index (χ1) is 15.1. The fourth-order valence-electron chi connectivity index (χ4n) is 3.61. The molecule has 1 aliphatic rings. The van der Waals surface area contributed by atoms with Crippen LogP contribution in [-0.4, -0.2) is 58.2 Å². The molecule has 0 aliphatic carbocycles. The number of para-hydroxylation sites is 2. The van der Waals surface area contributed by atoms with Gasteiger partial charge in [0.15, 0.2) is 5.96 Å². The molecule has 8 heteroatoms. The van der Waals surface area contributed by atoms with Gasteiger partial charge < -0.3 is 25.6 Å². The van der Waals surface area contributed by atoms with E-state index in [1.165, 1.54) is 12.1 Å². The Kier molecular flexibility index (Phi) is 8.09. The summed E-state index contributed by atoms with van der Waals surface area (Å²) in [6, 6.07) is 14.3. The molecule has 0 bridgehead atoms. The molecule has 2 aromatic rings. The lowest BCUT2D eigenvalue weighted by atomic mass is 10.1. The first-order valence-electron chi connectivity index (χ1n) is 10.5. The third-order valence-electron chi connectivity index (χ3n) is 5.20. The molecule has 1 fully saturated rings. The average molecular weight is 428 g/mol. The van der Waals surface area contributed by atoms with Gasteiger partial charge in [0.2, 0.25) is 5.91 Å². The summed E-state index contributed by atoms with van der Waals surface area (Å²) in [6.45, 7) is 2.82. The summed E-state index contributed by atoms with van der Waals surface area (Å²) in [4.78, 5) is 18.6. The lowest BCUT2D eigenvalue weighted by Crippen LogP contribution is -2.46. The number of methoxy groups -OCH3 is 1. The molecule has 7 nitrogen and oxygen atoms in total. The van der Waals surface area contributed by atoms with E-state index in [9.17, 15) is 9.18 Å². The molecule has 31 heavy (non-hydrogen) atoms. The maximum Gasteiger partial charge on any atom is 0.224 e. The highest BCUT2D eigenvalue weighted by Gasteiger charge is 2.25. The number of halogens is 1. The number of carbonyl (C=O) groups excluding carboxylic acids is 1. The van der Waals surface area contributed by atoms with Gasteiger partial charge in [-0.3, -0.25) is 9.79 Å². The number of guanidine groups is 1. The Bertz CT molecular complexity index is 888. The zero-order valence-electron chi connectivity index (χ0n) is 18.0. The second kappa shape index (κ2) is 11.2. The summed E-state index contributed by atoms with van der Waals surface area (Å²) in [5.41, 5.74) is 1.88. The number of amides is 1. The van der Waals surface area contributed by atoms with E-state index in [0.29, 0.717) is 19.0 Å². The van der Waals surface area contributed by atoms with Crippen molar-refractivity contribution in [1.82, 2.24) is 16.0 Å². The highest BCUT2D eigenvalue weighted by molar-refractivity contribution is 5.80. The van der Waals surface area contributed by atoms with E-state index in [4.69, 9.17) is 4.74 Å². The molecule has 0 saturated carbocycles. The molecule has 166 valence electrons. The summed E-state index contributed by atoms with van der Waals surface area (Å²) < 4.78 is 18.4. The molecular weight excluding hydrogens is 397 g/mol. The molecule has 1 aliphatic heterocycles. The van der Waals surface area contributed by atoms with Gasteiger partial charge in [-0.05, 0) is 36.2 Å². The van der Waals surface area contributed by atoms with Crippen LogP contribution in [0.15, 0.2) is 53.5 Å². The normalized spacial score (nSPS) is 16.2. The number of anilines is 1. The van der Waals surface area contributed by atoms with Crippen molar-refractivity contribution >= 4 is 17.6 Å². The largest absolute Gasteiger partial charge is 0.495 e. The van der Waals surface area contributed by atoms with E-state index in [0.717, 1.165) is 36.5 Å². The van der Waals surface area contributed by atoms with Crippen molar-refractivity contribution in [3.63, 3.8) is 0 Å². The number of ether oxygens (including phenoxy) is 1. The number of aliphatic imine (C=N–C) groups is 1. The number of nitrogens with zero attached hydrogens (tertiary/aromatic N) is 2. The Hall–Kier alpha value is -3.29. The standard InChI is InChI=1S/C23H30FN5O2/c1-25-23(27-13-12-26-22(30)15-17-7-9-18(24)10-8-17)28-19-11-14-29(16-19)20-5-3-4-6-21(20)31-2/h3-10,19H,11-16H2,1-2H3,(H,26,30)(H2,25,27,28). The van der Waals surface area contributed by atoms with Gasteiger partial charge in [-0.1, -0.05) is 24.3 Å². The predicted molar refractivity (Wildman–Crippen MR) is 121 cm³/mol. The zero-order chi connectivity index (χ0) is 22.1. The number of benzene rings is 2. The fraction of sp³-hybridized carbons (Fsp3) is 0.391. The van der Waals surface area contributed by atoms with Crippen LogP contribution in [0.25, 0.3) is 0 Å². The summed E-state index contributed by atoms with van der Waals surface area (Å²) in [7, 11) is 3.42. The SMILES string of the molecule is CN=C(NCCNC(=O)Cc1ccc(F)cc1)NC1CCN(c2ccccc2OC)C1. The van der Waals surface area contributed by atoms with Gasteiger partial charge in [0.1, 0.15) is 11.6 Å². The molecular formula is C23H30FN5O2. The second-order valence-electron chi connectivity index (χ2n) is 7.40. The maximum atomic E-state index is 12.9. The van der Waals surface area contributed by atoms with Gasteiger partial charge >= 0.3 is 0 Å². The van der Waals surface area contributed by atoms with E-state index in [1.54, 1.807) is 26.3 Å². The predicted octanol–water partition coefficient (Wildman–Crippen LogP) is 1.94. The molecule has 1 saturated heterocycles. The van der Waals surface area contributed by atoms with Gasteiger partial charge in [0, 0.05) is 39.3 Å². The van der Waals surface area contributed by atoms with E-state index in [1.807, 2.05) is 18.2 Å². The number of carbonyl (C=O) groups is 1. The van der Waals surface area contributed by atoms with Gasteiger partial charge in [-0.15, -0.1) is 0 Å². The van der Waals surface area contributed by atoms with Crippen LogP contribution in [0.2, 0.25) is 0 Å². The minimum Gasteiger partial charge on any atom is -0.495 e. The summed E-state index contributed by atoms with van der Waals surface area (Å²) in [6.07, 6.45) is 1.22. The van der Waals surface area contributed by atoms with Gasteiger partial charge in [0.25, 0.3) is 0 Å². The van der Waals surface area contributed by atoms with Crippen LogP contribution in [0.5, 0.6) is 5.75 Å². The van der Waals surface area contributed by atoms with Gasteiger partial charge in [-0.25, -0.2) is 4.39 Å². The highest BCUT2D eigenvalue weighted by atomic mass is 19.1. The molecule has 2 aromatic carbocycles. The molecule has 0 aromatic heterocycles. The summed E-state index contributed by atoms with van der Waals surface area (Å²) in [5.74, 6) is 1.18. The van der Waals surface area contributed by atoms with Crippen molar-refractivity contribution in [3.8, 4) is 5.75 Å². The van der Waals surface area contributed by atoms with Crippen molar-refractivity contribution in [3.05, 3.63) is 59.9 Å². The molecule has 1 atom stereocenters. The number of rotatable bonds is 8. The first-order valence-corrected chi connectivity index (χ1v) is 10.5. The Morgan fingerprint density at radius 2 is 1.90 bits per heavy atom. The average Bonchev–Trinajstić information content (AvgIpc) is 3.25. The van der Waals surface area contributed by atoms with E-state index in [-0.39, 0.29) is 24.2 Å². The van der Waals surface area contributed by atoms with Crippen LogP contribution in [0.4, 0.5) is 10.1 Å². The van der Waals surface area contributed by atoms with Crippen LogP contribution >= 0.6 is 0 Å². The Labute approximate surface area is 182 Å². The number of nitrogens with one attached hydrogen (secondary N) is 3. The Morgan fingerprint density at radius 1 is 1.16 bits per heavy atom. The van der Waals surface area contributed by atoms with Crippen molar-refractivity contribution in [1.29, 1.82) is 0 Å². The van der Waals surface area contributed by atoms with Crippen molar-refractivity contribution in [2.45, 2.75) is 18.9 Å². The molecule has 1 amide bonds. The topological polar surface area (TPSA) is 78.0 Å². The highest BCUT2D eigenvalue weighted by Crippen LogP contribution is 2.30. The second-order valence-corrected chi connectivity index (χ2v) is 7.40. The van der Waals surface area contributed by atoms with Crippen molar-refractivity contribution < 1.29 is 13.9 Å². The third kappa shape index (κ3) is 6.60. The Morgan fingerprint density at radius 3 is 2.65 bits per heavy atom. The van der Waals surface area contributed by atoms with Crippen LogP contribution in [-0.2, 0) is 11.2 Å². The third-order valence-corrected chi connectivity index (χ3v) is 5.20.